The van der Waals surface area contributed by atoms with Gasteiger partial charge in [-0.15, -0.1) is 0 Å². The molecule has 9 heteroatoms. The van der Waals surface area contributed by atoms with Crippen molar-refractivity contribution in [2.24, 2.45) is 0 Å². The number of aromatic nitrogens is 3. The standard InChI is InChI=1S/C19H19F3N4O2/c1-4-25(2)17(27)10-26-11-24-15-7-12(9-23-18(15)26)14-6-5-13(19(20,21)22)8-16(14)28-3/h5-9,11H,4,10H2,1-3H3. The number of benzene rings is 1. The van der Waals surface area contributed by atoms with Crippen LogP contribution in [0.25, 0.3) is 22.3 Å². The lowest BCUT2D eigenvalue weighted by molar-refractivity contribution is -0.137. The van der Waals surface area contributed by atoms with E-state index in [1.807, 2.05) is 6.92 Å². The summed E-state index contributed by atoms with van der Waals surface area (Å²) in [7, 11) is 3.03. The second kappa shape index (κ2) is 7.49. The Morgan fingerprint density at radius 3 is 2.64 bits per heavy atom. The van der Waals surface area contributed by atoms with Gasteiger partial charge in [0.15, 0.2) is 5.65 Å². The zero-order valence-electron chi connectivity index (χ0n) is 15.6. The Bertz CT molecular complexity index is 1010. The van der Waals surface area contributed by atoms with Gasteiger partial charge in [-0.25, -0.2) is 9.97 Å². The van der Waals surface area contributed by atoms with E-state index in [-0.39, 0.29) is 18.2 Å². The van der Waals surface area contributed by atoms with Crippen molar-refractivity contribution in [3.63, 3.8) is 0 Å². The molecule has 1 aromatic carbocycles. The van der Waals surface area contributed by atoms with Crippen LogP contribution < -0.4 is 4.74 Å². The summed E-state index contributed by atoms with van der Waals surface area (Å²) in [4.78, 5) is 22.3. The molecule has 28 heavy (non-hydrogen) atoms. The Morgan fingerprint density at radius 1 is 1.25 bits per heavy atom. The summed E-state index contributed by atoms with van der Waals surface area (Å²) in [6, 6.07) is 5.01. The van der Waals surface area contributed by atoms with Crippen molar-refractivity contribution in [3.8, 4) is 16.9 Å². The maximum Gasteiger partial charge on any atom is 0.416 e. The fourth-order valence-electron chi connectivity index (χ4n) is 2.76. The third-order valence-corrected chi connectivity index (χ3v) is 4.50. The Morgan fingerprint density at radius 2 is 2.00 bits per heavy atom. The molecule has 2 aromatic heterocycles. The van der Waals surface area contributed by atoms with E-state index in [1.54, 1.807) is 22.6 Å². The molecule has 1 amide bonds. The molecule has 0 atom stereocenters. The average molecular weight is 392 g/mol. The molecule has 0 spiro atoms. The second-order valence-corrected chi connectivity index (χ2v) is 6.26. The highest BCUT2D eigenvalue weighted by atomic mass is 19.4. The third kappa shape index (κ3) is 3.78. The first kappa shape index (κ1) is 19.7. The highest BCUT2D eigenvalue weighted by Gasteiger charge is 2.31. The van der Waals surface area contributed by atoms with Crippen molar-refractivity contribution >= 4 is 17.1 Å². The van der Waals surface area contributed by atoms with Crippen molar-refractivity contribution in [1.82, 2.24) is 19.4 Å². The molecule has 0 fully saturated rings. The van der Waals surface area contributed by atoms with Crippen LogP contribution in [-0.4, -0.2) is 46.0 Å². The Hall–Kier alpha value is -3.10. The number of ether oxygens (including phenoxy) is 1. The summed E-state index contributed by atoms with van der Waals surface area (Å²) in [5.41, 5.74) is 1.31. The zero-order chi connectivity index (χ0) is 20.5. The molecular weight excluding hydrogens is 373 g/mol. The first-order valence-electron chi connectivity index (χ1n) is 8.55. The predicted octanol–water partition coefficient (Wildman–Crippen LogP) is 3.60. The molecule has 0 bridgehead atoms. The lowest BCUT2D eigenvalue weighted by Gasteiger charge is -2.15. The minimum absolute atomic E-state index is 0.0721. The van der Waals surface area contributed by atoms with E-state index >= 15 is 0 Å². The molecule has 0 radical (unpaired) electrons. The fourth-order valence-corrected chi connectivity index (χ4v) is 2.76. The topological polar surface area (TPSA) is 60.2 Å². The van der Waals surface area contributed by atoms with E-state index in [1.165, 1.54) is 25.7 Å². The normalized spacial score (nSPS) is 11.6. The molecule has 148 valence electrons. The van der Waals surface area contributed by atoms with Gasteiger partial charge in [0.25, 0.3) is 0 Å². The summed E-state index contributed by atoms with van der Waals surface area (Å²) in [6.45, 7) is 2.58. The number of halogens is 3. The number of fused-ring (bicyclic) bond motifs is 1. The number of hydrogen-bond donors (Lipinski definition) is 0. The van der Waals surface area contributed by atoms with Crippen LogP contribution in [0.5, 0.6) is 5.75 Å². The molecule has 6 nitrogen and oxygen atoms in total. The number of methoxy groups -OCH3 is 1. The largest absolute Gasteiger partial charge is 0.496 e. The maximum absolute atomic E-state index is 12.9. The summed E-state index contributed by atoms with van der Waals surface area (Å²) in [5, 5.41) is 0. The molecule has 0 aliphatic carbocycles. The fraction of sp³-hybridized carbons (Fsp3) is 0.316. The highest BCUT2D eigenvalue weighted by molar-refractivity contribution is 5.82. The van der Waals surface area contributed by atoms with Crippen molar-refractivity contribution < 1.29 is 22.7 Å². The molecule has 0 saturated heterocycles. The van der Waals surface area contributed by atoms with Crippen LogP contribution in [0.3, 0.4) is 0 Å². The Balaban J connectivity index is 1.97. The van der Waals surface area contributed by atoms with Crippen molar-refractivity contribution in [2.75, 3.05) is 20.7 Å². The van der Waals surface area contributed by atoms with Crippen LogP contribution in [-0.2, 0) is 17.5 Å². The number of pyridine rings is 1. The van der Waals surface area contributed by atoms with Crippen LogP contribution in [0.2, 0.25) is 0 Å². The SMILES string of the molecule is CCN(C)C(=O)Cn1cnc2cc(-c3ccc(C(F)(F)F)cc3OC)cnc21. The molecule has 0 N–H and O–H groups in total. The van der Waals surface area contributed by atoms with Gasteiger partial charge in [0.05, 0.1) is 19.0 Å². The van der Waals surface area contributed by atoms with Crippen molar-refractivity contribution in [3.05, 3.63) is 42.4 Å². The molecule has 2 heterocycles. The van der Waals surface area contributed by atoms with Gasteiger partial charge >= 0.3 is 6.18 Å². The van der Waals surface area contributed by atoms with Crippen molar-refractivity contribution in [1.29, 1.82) is 0 Å². The van der Waals surface area contributed by atoms with Gasteiger partial charge in [0.1, 0.15) is 17.8 Å². The van der Waals surface area contributed by atoms with Crippen LogP contribution in [0.1, 0.15) is 12.5 Å². The Kier molecular flexibility index (Phi) is 5.26. The number of hydrogen-bond acceptors (Lipinski definition) is 4. The highest BCUT2D eigenvalue weighted by Crippen LogP contribution is 2.37. The summed E-state index contributed by atoms with van der Waals surface area (Å²) < 4.78 is 45.6. The van der Waals surface area contributed by atoms with Gasteiger partial charge in [-0.2, -0.15) is 13.2 Å². The number of nitrogens with zero attached hydrogens (tertiary/aromatic N) is 4. The molecule has 0 aliphatic heterocycles. The van der Waals surface area contributed by atoms with Gasteiger partial charge in [0.2, 0.25) is 5.91 Å². The van der Waals surface area contributed by atoms with E-state index in [0.29, 0.717) is 28.8 Å². The van der Waals surface area contributed by atoms with Gasteiger partial charge < -0.3 is 14.2 Å². The van der Waals surface area contributed by atoms with E-state index in [4.69, 9.17) is 4.74 Å². The van der Waals surface area contributed by atoms with Gasteiger partial charge in [-0.05, 0) is 31.2 Å². The summed E-state index contributed by atoms with van der Waals surface area (Å²) in [6.07, 6.45) is -1.41. The number of carbonyl (C=O) groups is 1. The Labute approximate surface area is 159 Å². The molecule has 3 rings (SSSR count). The predicted molar refractivity (Wildman–Crippen MR) is 97.8 cm³/mol. The first-order chi connectivity index (χ1) is 13.2. The maximum atomic E-state index is 12.9. The zero-order valence-corrected chi connectivity index (χ0v) is 15.6. The number of carbonyl (C=O) groups excluding carboxylic acids is 1. The number of alkyl halides is 3. The summed E-state index contributed by atoms with van der Waals surface area (Å²) >= 11 is 0. The van der Waals surface area contributed by atoms with Gasteiger partial charge in [-0.3, -0.25) is 4.79 Å². The van der Waals surface area contributed by atoms with Gasteiger partial charge in [-0.1, -0.05) is 0 Å². The average Bonchev–Trinajstić information content (AvgIpc) is 3.07. The minimum Gasteiger partial charge on any atom is -0.496 e. The van der Waals surface area contributed by atoms with Gasteiger partial charge in [0, 0.05) is 30.9 Å². The number of likely N-dealkylation sites (N-methyl/N-ethyl adjacent to an activating group) is 1. The first-order valence-corrected chi connectivity index (χ1v) is 8.55. The molecule has 3 aromatic rings. The molecular formula is C19H19F3N4O2. The lowest BCUT2D eigenvalue weighted by atomic mass is 10.0. The van der Waals surface area contributed by atoms with E-state index in [2.05, 4.69) is 9.97 Å². The minimum atomic E-state index is -4.45. The quantitative estimate of drug-likeness (QED) is 0.666. The molecule has 0 aliphatic rings. The molecule has 0 saturated carbocycles. The number of amides is 1. The van der Waals surface area contributed by atoms with Crippen LogP contribution in [0.15, 0.2) is 36.8 Å². The smallest absolute Gasteiger partial charge is 0.416 e. The lowest BCUT2D eigenvalue weighted by Crippen LogP contribution is -2.29. The van der Waals surface area contributed by atoms with Crippen LogP contribution in [0, 0.1) is 0 Å². The van der Waals surface area contributed by atoms with Crippen LogP contribution >= 0.6 is 0 Å². The van der Waals surface area contributed by atoms with E-state index in [9.17, 15) is 18.0 Å². The second-order valence-electron chi connectivity index (χ2n) is 6.26. The van der Waals surface area contributed by atoms with Crippen molar-refractivity contribution in [2.45, 2.75) is 19.6 Å². The number of rotatable bonds is 5. The third-order valence-electron chi connectivity index (χ3n) is 4.50. The summed E-state index contributed by atoms with van der Waals surface area (Å²) in [5.74, 6) is 0.0206. The monoisotopic (exact) mass is 392 g/mol. The van der Waals surface area contributed by atoms with E-state index < -0.39 is 11.7 Å². The van der Waals surface area contributed by atoms with Crippen LogP contribution in [0.4, 0.5) is 13.2 Å². The molecule has 0 unspecified atom stereocenters. The van der Waals surface area contributed by atoms with E-state index in [0.717, 1.165) is 12.1 Å². The number of imidazole rings is 1.